The second-order valence-electron chi connectivity index (χ2n) is 11.7. The number of amides is 1. The average Bonchev–Trinajstić information content (AvgIpc) is 3.14. The zero-order chi connectivity index (χ0) is 34.1. The maximum atomic E-state index is 13.6. The van der Waals surface area contributed by atoms with E-state index in [4.69, 9.17) is 17.0 Å². The Morgan fingerprint density at radius 3 is 1.94 bits per heavy atom. The largest absolute Gasteiger partial charge is 0.493 e. The fourth-order valence-electron chi connectivity index (χ4n) is 5.94. The molecule has 0 spiro atoms. The highest BCUT2D eigenvalue weighted by atomic mass is 32.2. The molecule has 0 saturated carbocycles. The van der Waals surface area contributed by atoms with Crippen LogP contribution in [0.3, 0.4) is 0 Å². The molecule has 5 aromatic carbocycles. The monoisotopic (exact) mass is 690 g/mol. The smallest absolute Gasteiger partial charge is 0.257 e. The molecule has 1 aliphatic heterocycles. The van der Waals surface area contributed by atoms with Gasteiger partial charge in [0.05, 0.1) is 17.5 Å². The van der Waals surface area contributed by atoms with Crippen LogP contribution in [0.15, 0.2) is 144 Å². The second kappa shape index (κ2) is 16.0. The van der Waals surface area contributed by atoms with Crippen molar-refractivity contribution in [2.24, 2.45) is 0 Å². The third kappa shape index (κ3) is 8.79. The summed E-state index contributed by atoms with van der Waals surface area (Å²) >= 11 is 5.38. The van der Waals surface area contributed by atoms with Crippen molar-refractivity contribution in [3.63, 3.8) is 0 Å². The van der Waals surface area contributed by atoms with E-state index >= 15 is 0 Å². The molecular formula is C39H38N4O4S2. The van der Waals surface area contributed by atoms with E-state index in [-0.39, 0.29) is 22.0 Å². The summed E-state index contributed by atoms with van der Waals surface area (Å²) in [6.07, 6.45) is 0.756. The lowest BCUT2D eigenvalue weighted by atomic mass is 9.96. The van der Waals surface area contributed by atoms with Gasteiger partial charge in [0.15, 0.2) is 5.11 Å². The van der Waals surface area contributed by atoms with Gasteiger partial charge in [0.1, 0.15) is 5.75 Å². The third-order valence-electron chi connectivity index (χ3n) is 8.44. The molecule has 6 rings (SSSR count). The van der Waals surface area contributed by atoms with Crippen LogP contribution in [0.25, 0.3) is 0 Å². The summed E-state index contributed by atoms with van der Waals surface area (Å²) in [5, 5.41) is 5.75. The van der Waals surface area contributed by atoms with Crippen molar-refractivity contribution in [2.45, 2.75) is 17.4 Å². The van der Waals surface area contributed by atoms with Crippen molar-refractivity contribution in [1.29, 1.82) is 0 Å². The van der Waals surface area contributed by atoms with E-state index in [0.717, 1.165) is 6.42 Å². The first-order valence-electron chi connectivity index (χ1n) is 16.2. The van der Waals surface area contributed by atoms with Gasteiger partial charge in [0.2, 0.25) is 10.0 Å². The lowest BCUT2D eigenvalue weighted by Crippen LogP contribution is -2.49. The minimum atomic E-state index is -3.70. The highest BCUT2D eigenvalue weighted by Gasteiger charge is 2.32. The number of rotatable bonds is 11. The molecule has 1 fully saturated rings. The van der Waals surface area contributed by atoms with Gasteiger partial charge in [-0.3, -0.25) is 15.0 Å². The van der Waals surface area contributed by atoms with Crippen LogP contribution >= 0.6 is 12.2 Å². The summed E-state index contributed by atoms with van der Waals surface area (Å²) in [7, 11) is -3.70. The molecule has 0 aromatic heterocycles. The van der Waals surface area contributed by atoms with Gasteiger partial charge in [0.25, 0.3) is 5.91 Å². The van der Waals surface area contributed by atoms with Crippen molar-refractivity contribution < 1.29 is 17.9 Å². The normalized spacial score (nSPS) is 13.9. The Bertz CT molecular complexity index is 1910. The second-order valence-corrected chi connectivity index (χ2v) is 14.1. The Kier molecular flexibility index (Phi) is 11.1. The van der Waals surface area contributed by atoms with Gasteiger partial charge in [-0.1, -0.05) is 97.1 Å². The first kappa shape index (κ1) is 34.0. The minimum absolute atomic E-state index is 0.0455. The van der Waals surface area contributed by atoms with Crippen molar-refractivity contribution in [3.8, 4) is 5.75 Å². The third-order valence-corrected chi connectivity index (χ3v) is 10.6. The molecule has 2 N–H and O–H groups in total. The maximum Gasteiger partial charge on any atom is 0.257 e. The van der Waals surface area contributed by atoms with E-state index in [1.807, 2.05) is 66.7 Å². The predicted molar refractivity (Wildman–Crippen MR) is 197 cm³/mol. The molecule has 5 aromatic rings. The van der Waals surface area contributed by atoms with E-state index in [0.29, 0.717) is 49.8 Å². The Balaban J connectivity index is 1.01. The molecule has 0 atom stereocenters. The number of ether oxygens (including phenoxy) is 1. The zero-order valence-corrected chi connectivity index (χ0v) is 28.6. The fourth-order valence-corrected chi connectivity index (χ4v) is 7.58. The SMILES string of the molecule is O=C(NC(=S)Nc1ccc(S(=O)(=O)N2CCN(C(c3ccccc3)c3ccccc3)CC2)cc1)c1cccc(OCCc2ccccc2)c1. The quantitative estimate of drug-likeness (QED) is 0.152. The topological polar surface area (TPSA) is 91.0 Å². The predicted octanol–water partition coefficient (Wildman–Crippen LogP) is 6.53. The molecular weight excluding hydrogens is 653 g/mol. The number of carbonyl (C=O) groups excluding carboxylic acids is 1. The van der Waals surface area contributed by atoms with E-state index in [1.54, 1.807) is 52.8 Å². The van der Waals surface area contributed by atoms with E-state index in [2.05, 4.69) is 39.8 Å². The Labute approximate surface area is 293 Å². The number of sulfonamides is 1. The van der Waals surface area contributed by atoms with E-state index in [9.17, 15) is 13.2 Å². The van der Waals surface area contributed by atoms with Gasteiger partial charge in [-0.25, -0.2) is 8.42 Å². The van der Waals surface area contributed by atoms with Gasteiger partial charge in [-0.15, -0.1) is 0 Å². The maximum absolute atomic E-state index is 13.6. The minimum Gasteiger partial charge on any atom is -0.493 e. The number of anilines is 1. The summed E-state index contributed by atoms with van der Waals surface area (Å²) in [5.74, 6) is 0.207. The zero-order valence-electron chi connectivity index (χ0n) is 26.9. The number of piperazine rings is 1. The number of carbonyl (C=O) groups is 1. The molecule has 49 heavy (non-hydrogen) atoms. The van der Waals surface area contributed by atoms with Crippen LogP contribution in [0.1, 0.15) is 33.1 Å². The molecule has 10 heteroatoms. The Hall–Kier alpha value is -4.87. The standard InChI is InChI=1S/C39H38N4O4S2/c44-38(33-17-10-18-35(29-33)47-28-23-30-11-4-1-5-12-30)41-39(48)40-34-19-21-36(22-20-34)49(45,46)43-26-24-42(25-27-43)37(31-13-6-2-7-14-31)32-15-8-3-9-16-32/h1-22,29,37H,23-28H2,(H2,40,41,44,48). The van der Waals surface area contributed by atoms with Gasteiger partial charge in [-0.05, 0) is 71.4 Å². The molecule has 1 aliphatic rings. The number of hydrogen-bond acceptors (Lipinski definition) is 6. The fraction of sp³-hybridized carbons (Fsp3) is 0.179. The number of hydrogen-bond donors (Lipinski definition) is 2. The molecule has 0 unspecified atom stereocenters. The summed E-state index contributed by atoms with van der Waals surface area (Å²) in [6.45, 7) is 2.45. The first-order chi connectivity index (χ1) is 23.9. The van der Waals surface area contributed by atoms with Crippen molar-refractivity contribution in [3.05, 3.63) is 162 Å². The summed E-state index contributed by atoms with van der Waals surface area (Å²) < 4.78 is 34.6. The van der Waals surface area contributed by atoms with Crippen LogP contribution in [0.5, 0.6) is 5.75 Å². The van der Waals surface area contributed by atoms with Crippen molar-refractivity contribution in [1.82, 2.24) is 14.5 Å². The summed E-state index contributed by atoms with van der Waals surface area (Å²) in [4.78, 5) is 15.4. The number of nitrogens with zero attached hydrogens (tertiary/aromatic N) is 2. The molecule has 1 amide bonds. The molecule has 0 radical (unpaired) electrons. The van der Waals surface area contributed by atoms with Gasteiger partial charge < -0.3 is 10.1 Å². The van der Waals surface area contributed by atoms with Gasteiger partial charge >= 0.3 is 0 Å². The first-order valence-corrected chi connectivity index (χ1v) is 18.0. The number of thiocarbonyl (C=S) groups is 1. The number of nitrogens with one attached hydrogen (secondary N) is 2. The molecule has 8 nitrogen and oxygen atoms in total. The lowest BCUT2D eigenvalue weighted by Gasteiger charge is -2.39. The van der Waals surface area contributed by atoms with Crippen LogP contribution in [0, 0.1) is 0 Å². The van der Waals surface area contributed by atoms with Crippen LogP contribution < -0.4 is 15.4 Å². The molecule has 250 valence electrons. The van der Waals surface area contributed by atoms with Crippen molar-refractivity contribution >= 4 is 38.9 Å². The van der Waals surface area contributed by atoms with E-state index in [1.165, 1.54) is 16.7 Å². The molecule has 0 aliphatic carbocycles. The van der Waals surface area contributed by atoms with Gasteiger partial charge in [-0.2, -0.15) is 4.31 Å². The highest BCUT2D eigenvalue weighted by molar-refractivity contribution is 7.89. The highest BCUT2D eigenvalue weighted by Crippen LogP contribution is 2.30. The van der Waals surface area contributed by atoms with Crippen LogP contribution in [0.2, 0.25) is 0 Å². The average molecular weight is 691 g/mol. The van der Waals surface area contributed by atoms with Crippen LogP contribution in [-0.2, 0) is 16.4 Å². The van der Waals surface area contributed by atoms with Gasteiger partial charge in [0, 0.05) is 43.9 Å². The van der Waals surface area contributed by atoms with Crippen LogP contribution in [0.4, 0.5) is 5.69 Å². The van der Waals surface area contributed by atoms with E-state index < -0.39 is 10.0 Å². The van der Waals surface area contributed by atoms with Crippen LogP contribution in [-0.4, -0.2) is 61.4 Å². The lowest BCUT2D eigenvalue weighted by molar-refractivity contribution is 0.0977. The summed E-state index contributed by atoms with van der Waals surface area (Å²) in [5.41, 5.74) is 4.49. The summed E-state index contributed by atoms with van der Waals surface area (Å²) in [6, 6.07) is 44.0. The molecule has 1 saturated heterocycles. The van der Waals surface area contributed by atoms with Crippen molar-refractivity contribution in [2.75, 3.05) is 38.1 Å². The molecule has 1 heterocycles. The molecule has 0 bridgehead atoms. The Morgan fingerprint density at radius 1 is 0.735 bits per heavy atom. The number of benzene rings is 5. The Morgan fingerprint density at radius 2 is 1.33 bits per heavy atom.